The van der Waals surface area contributed by atoms with Crippen LogP contribution in [0.15, 0.2) is 66.7 Å². The molecular formula is C22H17ClF2N2O3. The van der Waals surface area contributed by atoms with Crippen LogP contribution in [0.3, 0.4) is 0 Å². The van der Waals surface area contributed by atoms with E-state index in [4.69, 9.17) is 16.3 Å². The van der Waals surface area contributed by atoms with E-state index < -0.39 is 23.4 Å². The molecule has 0 saturated heterocycles. The second-order valence-corrected chi connectivity index (χ2v) is 6.57. The van der Waals surface area contributed by atoms with Crippen molar-refractivity contribution in [3.8, 4) is 5.75 Å². The first-order valence-corrected chi connectivity index (χ1v) is 9.34. The van der Waals surface area contributed by atoms with Crippen molar-refractivity contribution >= 4 is 29.1 Å². The highest BCUT2D eigenvalue weighted by atomic mass is 35.5. The zero-order valence-electron chi connectivity index (χ0n) is 15.6. The van der Waals surface area contributed by atoms with Crippen molar-refractivity contribution in [1.82, 2.24) is 5.32 Å². The van der Waals surface area contributed by atoms with E-state index >= 15 is 0 Å². The van der Waals surface area contributed by atoms with Gasteiger partial charge in [0.05, 0.1) is 28.4 Å². The van der Waals surface area contributed by atoms with Crippen LogP contribution >= 0.6 is 11.6 Å². The molecule has 0 spiro atoms. The van der Waals surface area contributed by atoms with Gasteiger partial charge in [-0.15, -0.1) is 0 Å². The van der Waals surface area contributed by atoms with E-state index in [1.165, 1.54) is 12.1 Å². The summed E-state index contributed by atoms with van der Waals surface area (Å²) in [5, 5.41) is 4.96. The molecule has 0 fully saturated rings. The van der Waals surface area contributed by atoms with Crippen molar-refractivity contribution < 1.29 is 23.1 Å². The van der Waals surface area contributed by atoms with E-state index in [2.05, 4.69) is 10.6 Å². The highest BCUT2D eigenvalue weighted by molar-refractivity contribution is 6.34. The molecule has 0 aliphatic heterocycles. The van der Waals surface area contributed by atoms with E-state index in [0.29, 0.717) is 11.8 Å². The Balaban J connectivity index is 1.64. The Kier molecular flexibility index (Phi) is 6.98. The molecule has 3 aromatic rings. The summed E-state index contributed by atoms with van der Waals surface area (Å²) < 4.78 is 32.2. The molecule has 0 saturated carbocycles. The highest BCUT2D eigenvalue weighted by Gasteiger charge is 2.18. The van der Waals surface area contributed by atoms with Gasteiger partial charge in [0, 0.05) is 0 Å². The molecule has 0 aliphatic rings. The van der Waals surface area contributed by atoms with Crippen molar-refractivity contribution in [3.05, 3.63) is 94.5 Å². The number of carbonyl (C=O) groups excluding carboxylic acids is 2. The SMILES string of the molecule is O=C(Nc1ccccc1C(=O)NCCOc1ccccc1)c1cc(F)c(F)cc1Cl. The standard InChI is InChI=1S/C22H17ClF2N2O3/c23-17-13-19(25)18(24)12-16(17)22(29)27-20-9-5-4-8-15(20)21(28)26-10-11-30-14-6-2-1-3-7-14/h1-9,12-13H,10-11H2,(H,26,28)(H,27,29). The van der Waals surface area contributed by atoms with E-state index in [1.807, 2.05) is 18.2 Å². The molecule has 0 heterocycles. The lowest BCUT2D eigenvalue weighted by Gasteiger charge is -2.12. The quantitative estimate of drug-likeness (QED) is 0.422. The lowest BCUT2D eigenvalue weighted by Crippen LogP contribution is -2.29. The lowest BCUT2D eigenvalue weighted by molar-refractivity contribution is 0.0948. The first kappa shape index (κ1) is 21.3. The Morgan fingerprint density at radius 2 is 1.53 bits per heavy atom. The Morgan fingerprint density at radius 3 is 2.30 bits per heavy atom. The number of halogens is 3. The van der Waals surface area contributed by atoms with Crippen LogP contribution in [0, 0.1) is 11.6 Å². The molecule has 5 nitrogen and oxygen atoms in total. The maximum atomic E-state index is 13.5. The molecule has 30 heavy (non-hydrogen) atoms. The molecule has 3 rings (SSSR count). The predicted molar refractivity (Wildman–Crippen MR) is 110 cm³/mol. The average Bonchev–Trinajstić information content (AvgIpc) is 2.74. The van der Waals surface area contributed by atoms with Gasteiger partial charge in [0.2, 0.25) is 0 Å². The van der Waals surface area contributed by atoms with Crippen LogP contribution in [0.4, 0.5) is 14.5 Å². The summed E-state index contributed by atoms with van der Waals surface area (Å²) in [6.45, 7) is 0.500. The summed E-state index contributed by atoms with van der Waals surface area (Å²) in [6.07, 6.45) is 0. The largest absolute Gasteiger partial charge is 0.492 e. The molecule has 0 aromatic heterocycles. The Hall–Kier alpha value is -3.45. The van der Waals surface area contributed by atoms with Crippen LogP contribution < -0.4 is 15.4 Å². The lowest BCUT2D eigenvalue weighted by atomic mass is 10.1. The van der Waals surface area contributed by atoms with Gasteiger partial charge in [0.1, 0.15) is 12.4 Å². The van der Waals surface area contributed by atoms with Crippen LogP contribution in [-0.2, 0) is 0 Å². The smallest absolute Gasteiger partial charge is 0.257 e. The third-order valence-electron chi connectivity index (χ3n) is 4.07. The first-order valence-electron chi connectivity index (χ1n) is 8.96. The number of ether oxygens (including phenoxy) is 1. The molecule has 154 valence electrons. The molecule has 0 aliphatic carbocycles. The van der Waals surface area contributed by atoms with Crippen molar-refractivity contribution in [2.45, 2.75) is 0 Å². The Bertz CT molecular complexity index is 1060. The molecule has 0 atom stereocenters. The minimum Gasteiger partial charge on any atom is -0.492 e. The number of amides is 2. The third-order valence-corrected chi connectivity index (χ3v) is 4.39. The predicted octanol–water partition coefficient (Wildman–Crippen LogP) is 4.68. The topological polar surface area (TPSA) is 67.4 Å². The molecule has 3 aromatic carbocycles. The fraction of sp³-hybridized carbons (Fsp3) is 0.0909. The minimum atomic E-state index is -1.20. The van der Waals surface area contributed by atoms with Crippen molar-refractivity contribution in [3.63, 3.8) is 0 Å². The monoisotopic (exact) mass is 430 g/mol. The molecule has 0 unspecified atom stereocenters. The van der Waals surface area contributed by atoms with Crippen LogP contribution in [0.25, 0.3) is 0 Å². The van der Waals surface area contributed by atoms with Gasteiger partial charge in [-0.2, -0.15) is 0 Å². The van der Waals surface area contributed by atoms with Crippen LogP contribution in [0.2, 0.25) is 5.02 Å². The van der Waals surface area contributed by atoms with Crippen LogP contribution in [0.1, 0.15) is 20.7 Å². The summed E-state index contributed by atoms with van der Waals surface area (Å²) in [5.41, 5.74) is 0.149. The van der Waals surface area contributed by atoms with Gasteiger partial charge in [-0.3, -0.25) is 9.59 Å². The Morgan fingerprint density at radius 1 is 0.867 bits per heavy atom. The molecule has 2 amide bonds. The molecule has 2 N–H and O–H groups in total. The zero-order chi connectivity index (χ0) is 21.5. The molecular weight excluding hydrogens is 414 g/mol. The van der Waals surface area contributed by atoms with Gasteiger partial charge in [-0.25, -0.2) is 8.78 Å². The maximum Gasteiger partial charge on any atom is 0.257 e. The van der Waals surface area contributed by atoms with Gasteiger partial charge >= 0.3 is 0 Å². The van der Waals surface area contributed by atoms with Crippen molar-refractivity contribution in [1.29, 1.82) is 0 Å². The summed E-state index contributed by atoms with van der Waals surface area (Å²) in [5.74, 6) is -2.88. The Labute approximate surface area is 176 Å². The minimum absolute atomic E-state index is 0.198. The fourth-order valence-electron chi connectivity index (χ4n) is 2.62. The summed E-state index contributed by atoms with van der Waals surface area (Å²) >= 11 is 5.84. The second-order valence-electron chi connectivity index (χ2n) is 6.16. The average molecular weight is 431 g/mol. The molecule has 0 bridgehead atoms. The first-order chi connectivity index (χ1) is 14.5. The van der Waals surface area contributed by atoms with Gasteiger partial charge in [-0.05, 0) is 36.4 Å². The van der Waals surface area contributed by atoms with E-state index in [0.717, 1.165) is 6.07 Å². The van der Waals surface area contributed by atoms with E-state index in [9.17, 15) is 18.4 Å². The van der Waals surface area contributed by atoms with E-state index in [-0.39, 0.29) is 35.0 Å². The number of hydrogen-bond donors (Lipinski definition) is 2. The number of nitrogens with one attached hydrogen (secondary N) is 2. The number of hydrogen-bond acceptors (Lipinski definition) is 3. The number of carbonyl (C=O) groups is 2. The fourth-order valence-corrected chi connectivity index (χ4v) is 2.86. The normalized spacial score (nSPS) is 10.4. The number of rotatable bonds is 7. The van der Waals surface area contributed by atoms with Crippen molar-refractivity contribution in [2.75, 3.05) is 18.5 Å². The van der Waals surface area contributed by atoms with Gasteiger partial charge < -0.3 is 15.4 Å². The number of benzene rings is 3. The van der Waals surface area contributed by atoms with Crippen LogP contribution in [-0.4, -0.2) is 25.0 Å². The summed E-state index contributed by atoms with van der Waals surface area (Å²) in [4.78, 5) is 25.0. The highest BCUT2D eigenvalue weighted by Crippen LogP contribution is 2.22. The molecule has 8 heteroatoms. The van der Waals surface area contributed by atoms with Gasteiger partial charge in [0.15, 0.2) is 11.6 Å². The van der Waals surface area contributed by atoms with Crippen LogP contribution in [0.5, 0.6) is 5.75 Å². The third kappa shape index (κ3) is 5.33. The van der Waals surface area contributed by atoms with Gasteiger partial charge in [0.25, 0.3) is 11.8 Å². The summed E-state index contributed by atoms with van der Waals surface area (Å²) in [7, 11) is 0. The van der Waals surface area contributed by atoms with Crippen molar-refractivity contribution in [2.24, 2.45) is 0 Å². The van der Waals surface area contributed by atoms with E-state index in [1.54, 1.807) is 24.3 Å². The summed E-state index contributed by atoms with van der Waals surface area (Å²) in [6, 6.07) is 16.9. The number of para-hydroxylation sites is 2. The van der Waals surface area contributed by atoms with Gasteiger partial charge in [-0.1, -0.05) is 41.9 Å². The number of anilines is 1. The second kappa shape index (κ2) is 9.84. The maximum absolute atomic E-state index is 13.5. The zero-order valence-corrected chi connectivity index (χ0v) is 16.4. The molecule has 0 radical (unpaired) electrons.